The van der Waals surface area contributed by atoms with Crippen molar-refractivity contribution in [3.8, 4) is 5.75 Å². The highest BCUT2D eigenvalue weighted by molar-refractivity contribution is 5.84. The SMILES string of the molecule is CCCC=NNC(=O)C(C)Oc1ccc2ccccc2c1. The van der Waals surface area contributed by atoms with Crippen molar-refractivity contribution in [2.45, 2.75) is 32.8 Å². The maximum atomic E-state index is 11.8. The van der Waals surface area contributed by atoms with Crippen LogP contribution in [0.15, 0.2) is 47.6 Å². The molecule has 2 aromatic carbocycles. The van der Waals surface area contributed by atoms with Crippen molar-refractivity contribution in [2.75, 3.05) is 0 Å². The molecule has 0 bridgehead atoms. The lowest BCUT2D eigenvalue weighted by Gasteiger charge is -2.13. The molecule has 110 valence electrons. The Labute approximate surface area is 124 Å². The van der Waals surface area contributed by atoms with Crippen molar-refractivity contribution < 1.29 is 9.53 Å². The van der Waals surface area contributed by atoms with Crippen LogP contribution in [0, 0.1) is 0 Å². The summed E-state index contributed by atoms with van der Waals surface area (Å²) < 4.78 is 5.66. The average Bonchev–Trinajstić information content (AvgIpc) is 2.51. The number of benzene rings is 2. The van der Waals surface area contributed by atoms with Gasteiger partial charge in [0.1, 0.15) is 5.75 Å². The molecule has 1 atom stereocenters. The van der Waals surface area contributed by atoms with Gasteiger partial charge >= 0.3 is 0 Å². The van der Waals surface area contributed by atoms with E-state index in [9.17, 15) is 4.79 Å². The molecule has 4 nitrogen and oxygen atoms in total. The highest BCUT2D eigenvalue weighted by atomic mass is 16.5. The van der Waals surface area contributed by atoms with Crippen LogP contribution in [0.5, 0.6) is 5.75 Å². The Morgan fingerprint density at radius 1 is 1.29 bits per heavy atom. The van der Waals surface area contributed by atoms with Gasteiger partial charge in [-0.1, -0.05) is 43.7 Å². The predicted molar refractivity (Wildman–Crippen MR) is 85.6 cm³/mol. The Morgan fingerprint density at radius 3 is 2.81 bits per heavy atom. The Bertz CT molecular complexity index is 637. The number of rotatable bonds is 6. The molecule has 0 aromatic heterocycles. The lowest BCUT2D eigenvalue weighted by molar-refractivity contribution is -0.127. The fraction of sp³-hybridized carbons (Fsp3) is 0.294. The minimum atomic E-state index is -0.593. The third-order valence-electron chi connectivity index (χ3n) is 3.09. The van der Waals surface area contributed by atoms with Crippen molar-refractivity contribution in [1.82, 2.24) is 5.43 Å². The number of nitrogens with one attached hydrogen (secondary N) is 1. The van der Waals surface area contributed by atoms with E-state index in [2.05, 4.69) is 17.5 Å². The highest BCUT2D eigenvalue weighted by Crippen LogP contribution is 2.21. The number of unbranched alkanes of at least 4 members (excludes halogenated alkanes) is 1. The average molecular weight is 284 g/mol. The summed E-state index contributed by atoms with van der Waals surface area (Å²) in [6.45, 7) is 3.76. The molecule has 0 radical (unpaired) electrons. The van der Waals surface area contributed by atoms with Crippen LogP contribution in [0.25, 0.3) is 10.8 Å². The van der Waals surface area contributed by atoms with Gasteiger partial charge in [0.25, 0.3) is 5.91 Å². The second kappa shape index (κ2) is 7.43. The fourth-order valence-corrected chi connectivity index (χ4v) is 1.89. The normalized spacial score (nSPS) is 12.5. The summed E-state index contributed by atoms with van der Waals surface area (Å²) in [6.07, 6.45) is 2.95. The van der Waals surface area contributed by atoms with Crippen molar-refractivity contribution >= 4 is 22.9 Å². The molecule has 2 rings (SSSR count). The molecule has 0 saturated heterocycles. The van der Waals surface area contributed by atoms with Crippen molar-refractivity contribution in [2.24, 2.45) is 5.10 Å². The standard InChI is InChI=1S/C17H20N2O2/c1-3-4-11-18-19-17(20)13(2)21-16-10-9-14-7-5-6-8-15(14)12-16/h5-13H,3-4H2,1-2H3,(H,19,20). The summed E-state index contributed by atoms with van der Waals surface area (Å²) in [5.41, 5.74) is 2.48. The lowest BCUT2D eigenvalue weighted by Crippen LogP contribution is -2.33. The van der Waals surface area contributed by atoms with Gasteiger partial charge in [-0.05, 0) is 36.2 Å². The second-order valence-electron chi connectivity index (χ2n) is 4.85. The van der Waals surface area contributed by atoms with E-state index in [0.29, 0.717) is 5.75 Å². The Kier molecular flexibility index (Phi) is 5.32. The molecular formula is C17H20N2O2. The molecule has 0 aliphatic carbocycles. The minimum Gasteiger partial charge on any atom is -0.481 e. The van der Waals surface area contributed by atoms with Crippen molar-refractivity contribution in [3.63, 3.8) is 0 Å². The third kappa shape index (κ3) is 4.31. The first kappa shape index (κ1) is 15.0. The van der Waals surface area contributed by atoms with E-state index in [-0.39, 0.29) is 5.91 Å². The summed E-state index contributed by atoms with van der Waals surface area (Å²) in [6, 6.07) is 13.8. The molecule has 0 saturated carbocycles. The van der Waals surface area contributed by atoms with Gasteiger partial charge in [0.15, 0.2) is 6.10 Å². The zero-order valence-corrected chi connectivity index (χ0v) is 12.4. The van der Waals surface area contributed by atoms with Crippen LogP contribution >= 0.6 is 0 Å². The summed E-state index contributed by atoms with van der Waals surface area (Å²) in [7, 11) is 0. The quantitative estimate of drug-likeness (QED) is 0.652. The molecule has 1 amide bonds. The largest absolute Gasteiger partial charge is 0.481 e. The van der Waals surface area contributed by atoms with Gasteiger partial charge in [0, 0.05) is 6.21 Å². The maximum absolute atomic E-state index is 11.8. The van der Waals surface area contributed by atoms with Gasteiger partial charge in [-0.2, -0.15) is 5.10 Å². The van der Waals surface area contributed by atoms with Gasteiger partial charge in [0.2, 0.25) is 0 Å². The second-order valence-corrected chi connectivity index (χ2v) is 4.85. The maximum Gasteiger partial charge on any atom is 0.280 e. The molecule has 1 unspecified atom stereocenters. The number of hydrazone groups is 1. The Morgan fingerprint density at radius 2 is 2.05 bits per heavy atom. The zero-order valence-electron chi connectivity index (χ0n) is 12.4. The Balaban J connectivity index is 1.97. The smallest absolute Gasteiger partial charge is 0.280 e. The summed E-state index contributed by atoms with van der Waals surface area (Å²) in [5, 5.41) is 6.10. The molecule has 21 heavy (non-hydrogen) atoms. The summed E-state index contributed by atoms with van der Waals surface area (Å²) in [5.74, 6) is 0.421. The van der Waals surface area contributed by atoms with Crippen LogP contribution in [-0.4, -0.2) is 18.2 Å². The molecule has 0 aliphatic rings. The summed E-state index contributed by atoms with van der Waals surface area (Å²) in [4.78, 5) is 11.8. The van der Waals surface area contributed by atoms with Gasteiger partial charge < -0.3 is 4.74 Å². The van der Waals surface area contributed by atoms with Crippen LogP contribution in [0.1, 0.15) is 26.7 Å². The predicted octanol–water partition coefficient (Wildman–Crippen LogP) is 3.51. The number of hydrogen-bond acceptors (Lipinski definition) is 3. The van der Waals surface area contributed by atoms with Crippen LogP contribution in [0.2, 0.25) is 0 Å². The monoisotopic (exact) mass is 284 g/mol. The van der Waals surface area contributed by atoms with Gasteiger partial charge in [-0.3, -0.25) is 4.79 Å². The Hall–Kier alpha value is -2.36. The van der Waals surface area contributed by atoms with Crippen molar-refractivity contribution in [1.29, 1.82) is 0 Å². The molecule has 4 heteroatoms. The van der Waals surface area contributed by atoms with Crippen molar-refractivity contribution in [3.05, 3.63) is 42.5 Å². The van der Waals surface area contributed by atoms with E-state index >= 15 is 0 Å². The lowest BCUT2D eigenvalue weighted by atomic mass is 10.1. The molecule has 0 spiro atoms. The molecule has 1 N–H and O–H groups in total. The number of carbonyl (C=O) groups is 1. The van der Waals surface area contributed by atoms with Gasteiger partial charge in [-0.25, -0.2) is 5.43 Å². The van der Waals surface area contributed by atoms with Gasteiger partial charge in [-0.15, -0.1) is 0 Å². The first-order chi connectivity index (χ1) is 10.2. The van der Waals surface area contributed by atoms with E-state index in [1.807, 2.05) is 42.5 Å². The minimum absolute atomic E-state index is 0.254. The number of fused-ring (bicyclic) bond motifs is 1. The van der Waals surface area contributed by atoms with E-state index in [1.165, 1.54) is 0 Å². The number of carbonyl (C=O) groups excluding carboxylic acids is 1. The third-order valence-corrected chi connectivity index (χ3v) is 3.09. The van der Waals surface area contributed by atoms with Crippen LogP contribution in [0.4, 0.5) is 0 Å². The first-order valence-electron chi connectivity index (χ1n) is 7.17. The zero-order chi connectivity index (χ0) is 15.1. The number of ether oxygens (including phenoxy) is 1. The molecule has 0 fully saturated rings. The molecule has 0 heterocycles. The van der Waals surface area contributed by atoms with Crippen LogP contribution in [-0.2, 0) is 4.79 Å². The number of amides is 1. The van der Waals surface area contributed by atoms with Crippen LogP contribution in [0.3, 0.4) is 0 Å². The number of hydrogen-bond donors (Lipinski definition) is 1. The fourth-order valence-electron chi connectivity index (χ4n) is 1.89. The van der Waals surface area contributed by atoms with Crippen LogP contribution < -0.4 is 10.2 Å². The first-order valence-corrected chi connectivity index (χ1v) is 7.17. The van der Waals surface area contributed by atoms with E-state index in [0.717, 1.165) is 23.6 Å². The summed E-state index contributed by atoms with van der Waals surface area (Å²) >= 11 is 0. The molecule has 2 aromatic rings. The molecular weight excluding hydrogens is 264 g/mol. The highest BCUT2D eigenvalue weighted by Gasteiger charge is 2.13. The van der Waals surface area contributed by atoms with E-state index < -0.39 is 6.10 Å². The van der Waals surface area contributed by atoms with E-state index in [4.69, 9.17) is 4.74 Å². The van der Waals surface area contributed by atoms with Gasteiger partial charge in [0.05, 0.1) is 0 Å². The number of nitrogens with zero attached hydrogens (tertiary/aromatic N) is 1. The van der Waals surface area contributed by atoms with E-state index in [1.54, 1.807) is 13.1 Å². The molecule has 0 aliphatic heterocycles. The topological polar surface area (TPSA) is 50.7 Å².